The highest BCUT2D eigenvalue weighted by Gasteiger charge is 2.31. The van der Waals surface area contributed by atoms with Gasteiger partial charge in [-0.2, -0.15) is 0 Å². The standard InChI is InChI=1S/C22H41NO3/c1-3-4-5-6-7-8-9-10-11-12-15-19(2)20-16-13-14-17-23(22(20)26)18-21(24)25/h19-20H,3-18H2,1-2H3,(H,24,25). The van der Waals surface area contributed by atoms with Crippen molar-refractivity contribution in [2.24, 2.45) is 11.8 Å². The average Bonchev–Trinajstić information content (AvgIpc) is 2.78. The first-order valence-corrected chi connectivity index (χ1v) is 11.1. The lowest BCUT2D eigenvalue weighted by Gasteiger charge is -2.26. The number of carboxylic acids is 1. The number of amides is 1. The molecule has 1 saturated heterocycles. The van der Waals surface area contributed by atoms with Gasteiger partial charge < -0.3 is 10.0 Å². The minimum atomic E-state index is -0.902. The van der Waals surface area contributed by atoms with Crippen LogP contribution in [0.4, 0.5) is 0 Å². The van der Waals surface area contributed by atoms with Gasteiger partial charge in [-0.1, -0.05) is 84.5 Å². The third-order valence-corrected chi connectivity index (χ3v) is 5.85. The average molecular weight is 368 g/mol. The van der Waals surface area contributed by atoms with Crippen molar-refractivity contribution in [2.75, 3.05) is 13.1 Å². The molecule has 1 rings (SSSR count). The van der Waals surface area contributed by atoms with E-state index in [1.165, 1.54) is 64.2 Å². The highest BCUT2D eigenvalue weighted by atomic mass is 16.4. The van der Waals surface area contributed by atoms with E-state index >= 15 is 0 Å². The van der Waals surface area contributed by atoms with Crippen LogP contribution in [-0.2, 0) is 9.59 Å². The van der Waals surface area contributed by atoms with Crippen LogP contribution in [0, 0.1) is 11.8 Å². The molecule has 0 radical (unpaired) electrons. The van der Waals surface area contributed by atoms with Crippen LogP contribution in [0.3, 0.4) is 0 Å². The summed E-state index contributed by atoms with van der Waals surface area (Å²) in [6.07, 6.45) is 17.3. The highest BCUT2D eigenvalue weighted by Crippen LogP contribution is 2.28. The molecule has 4 heteroatoms. The van der Waals surface area contributed by atoms with Crippen molar-refractivity contribution in [3.63, 3.8) is 0 Å². The fourth-order valence-electron chi connectivity index (χ4n) is 4.14. The molecule has 0 aromatic heterocycles. The highest BCUT2D eigenvalue weighted by molar-refractivity contribution is 5.83. The second-order valence-corrected chi connectivity index (χ2v) is 8.20. The Labute approximate surface area is 160 Å². The Kier molecular flexibility index (Phi) is 12.4. The Morgan fingerprint density at radius 1 is 1.04 bits per heavy atom. The summed E-state index contributed by atoms with van der Waals surface area (Å²) in [6.45, 7) is 4.90. The quantitative estimate of drug-likeness (QED) is 0.404. The first-order chi connectivity index (χ1) is 12.6. The Morgan fingerprint density at radius 3 is 2.19 bits per heavy atom. The lowest BCUT2D eigenvalue weighted by Crippen LogP contribution is -2.40. The van der Waals surface area contributed by atoms with Crippen molar-refractivity contribution in [2.45, 2.75) is 104 Å². The van der Waals surface area contributed by atoms with Crippen molar-refractivity contribution in [1.82, 2.24) is 4.90 Å². The van der Waals surface area contributed by atoms with E-state index < -0.39 is 5.97 Å². The zero-order chi connectivity index (χ0) is 19.2. The monoisotopic (exact) mass is 367 g/mol. The van der Waals surface area contributed by atoms with Gasteiger partial charge in [0, 0.05) is 12.5 Å². The van der Waals surface area contributed by atoms with Gasteiger partial charge in [-0.05, 0) is 25.2 Å². The molecule has 1 aliphatic rings. The van der Waals surface area contributed by atoms with Crippen LogP contribution in [-0.4, -0.2) is 35.0 Å². The molecule has 0 aromatic carbocycles. The Balaban J connectivity index is 2.18. The molecule has 0 aromatic rings. The van der Waals surface area contributed by atoms with Crippen molar-refractivity contribution in [3.8, 4) is 0 Å². The van der Waals surface area contributed by atoms with Gasteiger partial charge in [0.25, 0.3) is 0 Å². The fourth-order valence-corrected chi connectivity index (χ4v) is 4.14. The summed E-state index contributed by atoms with van der Waals surface area (Å²) in [6, 6.07) is 0. The Bertz CT molecular complexity index is 397. The van der Waals surface area contributed by atoms with Gasteiger partial charge >= 0.3 is 5.97 Å². The van der Waals surface area contributed by atoms with Crippen LogP contribution < -0.4 is 0 Å². The normalized spacial score (nSPS) is 19.4. The van der Waals surface area contributed by atoms with Gasteiger partial charge in [0.1, 0.15) is 6.54 Å². The molecule has 1 aliphatic heterocycles. The summed E-state index contributed by atoms with van der Waals surface area (Å²) < 4.78 is 0. The number of carbonyl (C=O) groups is 2. The SMILES string of the molecule is CCCCCCCCCCCCC(C)C1CCCCN(CC(=O)O)C1=O. The van der Waals surface area contributed by atoms with Crippen molar-refractivity contribution in [1.29, 1.82) is 0 Å². The first-order valence-electron chi connectivity index (χ1n) is 11.1. The molecule has 152 valence electrons. The molecule has 1 N–H and O–H groups in total. The number of likely N-dealkylation sites (tertiary alicyclic amines) is 1. The van der Waals surface area contributed by atoms with E-state index in [1.54, 1.807) is 4.90 Å². The molecule has 0 bridgehead atoms. The van der Waals surface area contributed by atoms with Crippen molar-refractivity contribution >= 4 is 11.9 Å². The summed E-state index contributed by atoms with van der Waals surface area (Å²) >= 11 is 0. The number of hydrogen-bond acceptors (Lipinski definition) is 2. The molecular formula is C22H41NO3. The maximum absolute atomic E-state index is 12.7. The fraction of sp³-hybridized carbons (Fsp3) is 0.909. The van der Waals surface area contributed by atoms with Gasteiger partial charge in [-0.25, -0.2) is 0 Å². The van der Waals surface area contributed by atoms with Crippen LogP contribution in [0.5, 0.6) is 0 Å². The summed E-state index contributed by atoms with van der Waals surface area (Å²) in [5.41, 5.74) is 0. The van der Waals surface area contributed by atoms with E-state index in [0.29, 0.717) is 12.5 Å². The predicted molar refractivity (Wildman–Crippen MR) is 107 cm³/mol. The predicted octanol–water partition coefficient (Wildman–Crippen LogP) is 5.65. The van der Waals surface area contributed by atoms with Crippen LogP contribution in [0.2, 0.25) is 0 Å². The van der Waals surface area contributed by atoms with Gasteiger partial charge in [-0.3, -0.25) is 9.59 Å². The van der Waals surface area contributed by atoms with Crippen LogP contribution in [0.25, 0.3) is 0 Å². The number of aliphatic carboxylic acids is 1. The number of rotatable bonds is 14. The summed E-state index contributed by atoms with van der Waals surface area (Å²) in [4.78, 5) is 25.2. The van der Waals surface area contributed by atoms with Crippen molar-refractivity contribution in [3.05, 3.63) is 0 Å². The number of unbranched alkanes of at least 4 members (excludes halogenated alkanes) is 9. The third kappa shape index (κ3) is 9.59. The Hall–Kier alpha value is -1.06. The molecule has 1 amide bonds. The second-order valence-electron chi connectivity index (χ2n) is 8.20. The summed E-state index contributed by atoms with van der Waals surface area (Å²) in [5, 5.41) is 9.01. The van der Waals surface area contributed by atoms with Gasteiger partial charge in [0.2, 0.25) is 5.91 Å². The zero-order valence-electron chi connectivity index (χ0n) is 17.2. The number of hydrogen-bond donors (Lipinski definition) is 1. The van der Waals surface area contributed by atoms with Crippen molar-refractivity contribution < 1.29 is 14.7 Å². The molecule has 26 heavy (non-hydrogen) atoms. The number of nitrogens with zero attached hydrogens (tertiary/aromatic N) is 1. The maximum Gasteiger partial charge on any atom is 0.323 e. The van der Waals surface area contributed by atoms with Gasteiger partial charge in [0.15, 0.2) is 0 Å². The maximum atomic E-state index is 12.7. The molecule has 2 atom stereocenters. The first kappa shape index (κ1) is 23.0. The molecule has 2 unspecified atom stereocenters. The second kappa shape index (κ2) is 14.1. The van der Waals surface area contributed by atoms with E-state index in [-0.39, 0.29) is 18.4 Å². The van der Waals surface area contributed by atoms with E-state index in [9.17, 15) is 9.59 Å². The topological polar surface area (TPSA) is 57.6 Å². The molecule has 1 fully saturated rings. The van der Waals surface area contributed by atoms with Crippen LogP contribution in [0.15, 0.2) is 0 Å². The smallest absolute Gasteiger partial charge is 0.323 e. The van der Waals surface area contributed by atoms with Crippen LogP contribution >= 0.6 is 0 Å². The summed E-state index contributed by atoms with van der Waals surface area (Å²) in [7, 11) is 0. The van der Waals surface area contributed by atoms with Gasteiger partial charge in [0.05, 0.1) is 0 Å². The molecule has 1 heterocycles. The van der Waals surface area contributed by atoms with E-state index in [0.717, 1.165) is 25.7 Å². The lowest BCUT2D eigenvalue weighted by atomic mass is 9.85. The molecule has 0 saturated carbocycles. The minimum absolute atomic E-state index is 0.0235. The Morgan fingerprint density at radius 2 is 1.62 bits per heavy atom. The number of carbonyl (C=O) groups excluding carboxylic acids is 1. The van der Waals surface area contributed by atoms with E-state index in [1.807, 2.05) is 0 Å². The lowest BCUT2D eigenvalue weighted by molar-refractivity contribution is -0.146. The minimum Gasteiger partial charge on any atom is -0.480 e. The number of carboxylic acid groups (broad SMARTS) is 1. The molecule has 0 aliphatic carbocycles. The zero-order valence-corrected chi connectivity index (χ0v) is 17.2. The summed E-state index contributed by atoms with van der Waals surface area (Å²) in [5.74, 6) is -0.438. The largest absolute Gasteiger partial charge is 0.480 e. The molecule has 4 nitrogen and oxygen atoms in total. The molecular weight excluding hydrogens is 326 g/mol. The van der Waals surface area contributed by atoms with E-state index in [4.69, 9.17) is 5.11 Å². The molecule has 0 spiro atoms. The third-order valence-electron chi connectivity index (χ3n) is 5.85. The van der Waals surface area contributed by atoms with E-state index in [2.05, 4.69) is 13.8 Å². The van der Waals surface area contributed by atoms with Gasteiger partial charge in [-0.15, -0.1) is 0 Å². The van der Waals surface area contributed by atoms with Crippen LogP contribution in [0.1, 0.15) is 104 Å².